The monoisotopic (exact) mass is 327 g/mol. The van der Waals surface area contributed by atoms with Crippen LogP contribution < -0.4 is 4.72 Å². The van der Waals surface area contributed by atoms with Crippen molar-refractivity contribution in [1.82, 2.24) is 14.5 Å². The van der Waals surface area contributed by atoms with Crippen molar-refractivity contribution in [2.24, 2.45) is 5.92 Å². The summed E-state index contributed by atoms with van der Waals surface area (Å²) in [6, 6.07) is 2.41. The maximum atomic E-state index is 12.1. The fourth-order valence-electron chi connectivity index (χ4n) is 3.31. The smallest absolute Gasteiger partial charge is 0.212 e. The van der Waals surface area contributed by atoms with Crippen LogP contribution in [-0.4, -0.2) is 37.2 Å². The molecule has 0 radical (unpaired) electrons. The van der Waals surface area contributed by atoms with E-state index in [0.717, 1.165) is 18.5 Å². The minimum Gasteiger partial charge on any atom is -0.381 e. The molecule has 1 aromatic heterocycles. The first-order valence-electron chi connectivity index (χ1n) is 8.21. The normalized spacial score (nSPS) is 21.5. The molecule has 1 aliphatic heterocycles. The molecule has 0 spiro atoms. The number of hydrogen-bond donors (Lipinski definition) is 1. The maximum absolute atomic E-state index is 12.1. The Bertz CT molecular complexity index is 573. The van der Waals surface area contributed by atoms with Crippen LogP contribution in [0.15, 0.2) is 12.3 Å². The van der Waals surface area contributed by atoms with Crippen molar-refractivity contribution in [2.75, 3.05) is 19.0 Å². The molecule has 1 saturated carbocycles. The number of nitrogens with zero attached hydrogens (tertiary/aromatic N) is 2. The lowest BCUT2D eigenvalue weighted by atomic mass is 10.0. The van der Waals surface area contributed by atoms with E-state index in [0.29, 0.717) is 19.3 Å². The van der Waals surface area contributed by atoms with Gasteiger partial charge in [-0.05, 0) is 37.7 Å². The Labute approximate surface area is 132 Å². The SMILES string of the molecule is O=S(=O)(CC1CCOCC1)NCc1ccn(C2CCCC2)n1. The molecule has 1 N–H and O–H groups in total. The molecule has 0 unspecified atom stereocenters. The molecule has 2 heterocycles. The summed E-state index contributed by atoms with van der Waals surface area (Å²) in [4.78, 5) is 0. The summed E-state index contributed by atoms with van der Waals surface area (Å²) >= 11 is 0. The lowest BCUT2D eigenvalue weighted by molar-refractivity contribution is 0.0723. The Morgan fingerprint density at radius 1 is 1.23 bits per heavy atom. The average Bonchev–Trinajstić information content (AvgIpc) is 3.17. The molecule has 124 valence electrons. The second-order valence-corrected chi connectivity index (χ2v) is 8.24. The van der Waals surface area contributed by atoms with Gasteiger partial charge in [0, 0.05) is 19.4 Å². The van der Waals surface area contributed by atoms with Crippen molar-refractivity contribution >= 4 is 10.0 Å². The third kappa shape index (κ3) is 4.30. The molecule has 1 aromatic rings. The van der Waals surface area contributed by atoms with E-state index in [2.05, 4.69) is 9.82 Å². The van der Waals surface area contributed by atoms with Crippen molar-refractivity contribution in [3.63, 3.8) is 0 Å². The molecule has 1 aliphatic carbocycles. The Hall–Kier alpha value is -0.920. The summed E-state index contributed by atoms with van der Waals surface area (Å²) < 4.78 is 34.2. The number of aromatic nitrogens is 2. The van der Waals surface area contributed by atoms with E-state index < -0.39 is 10.0 Å². The van der Waals surface area contributed by atoms with Gasteiger partial charge in [-0.3, -0.25) is 4.68 Å². The van der Waals surface area contributed by atoms with Gasteiger partial charge in [-0.2, -0.15) is 5.10 Å². The number of hydrogen-bond acceptors (Lipinski definition) is 4. The van der Waals surface area contributed by atoms with Crippen LogP contribution in [0.4, 0.5) is 0 Å². The summed E-state index contributed by atoms with van der Waals surface area (Å²) in [5.74, 6) is 0.405. The van der Waals surface area contributed by atoms with Gasteiger partial charge in [0.05, 0.1) is 24.0 Å². The molecule has 2 aliphatic rings. The highest BCUT2D eigenvalue weighted by atomic mass is 32.2. The second kappa shape index (κ2) is 7.10. The molecule has 2 fully saturated rings. The molecule has 0 atom stereocenters. The Kier molecular flexibility index (Phi) is 5.15. The van der Waals surface area contributed by atoms with E-state index in [1.165, 1.54) is 25.7 Å². The second-order valence-electron chi connectivity index (χ2n) is 6.38. The van der Waals surface area contributed by atoms with Gasteiger partial charge in [0.1, 0.15) is 0 Å². The summed E-state index contributed by atoms with van der Waals surface area (Å²) in [6.07, 6.45) is 8.51. The molecule has 0 amide bonds. The predicted octanol–water partition coefficient (Wildman–Crippen LogP) is 1.84. The maximum Gasteiger partial charge on any atom is 0.212 e. The van der Waals surface area contributed by atoms with Gasteiger partial charge >= 0.3 is 0 Å². The van der Waals surface area contributed by atoms with Crippen LogP contribution >= 0.6 is 0 Å². The topological polar surface area (TPSA) is 73.2 Å². The zero-order valence-corrected chi connectivity index (χ0v) is 13.7. The highest BCUT2D eigenvalue weighted by Crippen LogP contribution is 2.28. The van der Waals surface area contributed by atoms with Gasteiger partial charge < -0.3 is 4.74 Å². The predicted molar refractivity (Wildman–Crippen MR) is 83.9 cm³/mol. The van der Waals surface area contributed by atoms with Crippen LogP contribution in [0.1, 0.15) is 50.3 Å². The number of rotatable bonds is 6. The van der Waals surface area contributed by atoms with E-state index in [1.54, 1.807) is 0 Å². The highest BCUT2D eigenvalue weighted by molar-refractivity contribution is 7.89. The first kappa shape index (κ1) is 16.0. The van der Waals surface area contributed by atoms with Gasteiger partial charge in [-0.25, -0.2) is 13.1 Å². The Morgan fingerprint density at radius 2 is 1.95 bits per heavy atom. The lowest BCUT2D eigenvalue weighted by Crippen LogP contribution is -2.32. The summed E-state index contributed by atoms with van der Waals surface area (Å²) in [6.45, 7) is 1.63. The summed E-state index contributed by atoms with van der Waals surface area (Å²) in [7, 11) is -3.24. The molecule has 22 heavy (non-hydrogen) atoms. The van der Waals surface area contributed by atoms with Crippen LogP contribution in [0.5, 0.6) is 0 Å². The van der Waals surface area contributed by atoms with Gasteiger partial charge in [-0.15, -0.1) is 0 Å². The number of nitrogens with one attached hydrogen (secondary N) is 1. The number of ether oxygens (including phenoxy) is 1. The zero-order valence-electron chi connectivity index (χ0n) is 12.9. The number of sulfonamides is 1. The van der Waals surface area contributed by atoms with Crippen molar-refractivity contribution in [3.05, 3.63) is 18.0 Å². The first-order valence-corrected chi connectivity index (χ1v) is 9.87. The molecule has 0 aromatic carbocycles. The molecule has 3 rings (SSSR count). The van der Waals surface area contributed by atoms with Gasteiger partial charge in [-0.1, -0.05) is 12.8 Å². The first-order chi connectivity index (χ1) is 10.6. The van der Waals surface area contributed by atoms with Crippen molar-refractivity contribution in [3.8, 4) is 0 Å². The van der Waals surface area contributed by atoms with Crippen LogP contribution in [-0.2, 0) is 21.3 Å². The highest BCUT2D eigenvalue weighted by Gasteiger charge is 2.22. The summed E-state index contributed by atoms with van der Waals surface area (Å²) in [5.41, 5.74) is 0.794. The van der Waals surface area contributed by atoms with E-state index in [9.17, 15) is 8.42 Å². The van der Waals surface area contributed by atoms with E-state index in [1.807, 2.05) is 16.9 Å². The van der Waals surface area contributed by atoms with Crippen LogP contribution in [0.2, 0.25) is 0 Å². The average molecular weight is 327 g/mol. The van der Waals surface area contributed by atoms with Crippen LogP contribution in [0.3, 0.4) is 0 Å². The quantitative estimate of drug-likeness (QED) is 0.865. The van der Waals surface area contributed by atoms with Crippen molar-refractivity contribution in [1.29, 1.82) is 0 Å². The van der Waals surface area contributed by atoms with Crippen LogP contribution in [0.25, 0.3) is 0 Å². The molecular weight excluding hydrogens is 302 g/mol. The third-order valence-electron chi connectivity index (χ3n) is 4.63. The minimum absolute atomic E-state index is 0.194. The van der Waals surface area contributed by atoms with Crippen molar-refractivity contribution < 1.29 is 13.2 Å². The Morgan fingerprint density at radius 3 is 2.68 bits per heavy atom. The van der Waals surface area contributed by atoms with Crippen LogP contribution in [0, 0.1) is 5.92 Å². The molecule has 0 bridgehead atoms. The standard InChI is InChI=1S/C15H25N3O3S/c19-22(20,12-13-6-9-21-10-7-13)16-11-14-5-8-18(17-14)15-3-1-2-4-15/h5,8,13,15-16H,1-4,6-7,9-12H2. The van der Waals surface area contributed by atoms with E-state index in [-0.39, 0.29) is 18.2 Å². The fraction of sp³-hybridized carbons (Fsp3) is 0.800. The van der Waals surface area contributed by atoms with Gasteiger partial charge in [0.25, 0.3) is 0 Å². The van der Waals surface area contributed by atoms with Gasteiger partial charge in [0.2, 0.25) is 10.0 Å². The molecule has 1 saturated heterocycles. The molecule has 7 heteroatoms. The lowest BCUT2D eigenvalue weighted by Gasteiger charge is -2.21. The van der Waals surface area contributed by atoms with E-state index in [4.69, 9.17) is 4.74 Å². The Balaban J connectivity index is 1.50. The summed E-state index contributed by atoms with van der Waals surface area (Å²) in [5, 5.41) is 4.51. The zero-order chi connectivity index (χ0) is 15.4. The largest absolute Gasteiger partial charge is 0.381 e. The fourth-order valence-corrected chi connectivity index (χ4v) is 4.75. The third-order valence-corrected chi connectivity index (χ3v) is 6.13. The van der Waals surface area contributed by atoms with E-state index >= 15 is 0 Å². The molecule has 6 nitrogen and oxygen atoms in total. The van der Waals surface area contributed by atoms with Gasteiger partial charge in [0.15, 0.2) is 0 Å². The molecular formula is C15H25N3O3S. The minimum atomic E-state index is -3.24. The van der Waals surface area contributed by atoms with Crippen molar-refractivity contribution in [2.45, 2.75) is 51.1 Å².